The first-order valence-corrected chi connectivity index (χ1v) is 10.8. The molecule has 3 rings (SSSR count). The van der Waals surface area contributed by atoms with Gasteiger partial charge in [-0.3, -0.25) is 4.55 Å². The smallest absolute Gasteiger partial charge is 0.283 e. The third-order valence-electron chi connectivity index (χ3n) is 4.39. The van der Waals surface area contributed by atoms with Gasteiger partial charge in [0.05, 0.1) is 10.0 Å². The van der Waals surface area contributed by atoms with Crippen molar-refractivity contribution in [1.29, 1.82) is 0 Å². The van der Waals surface area contributed by atoms with Crippen LogP contribution >= 0.6 is 46.4 Å². The van der Waals surface area contributed by atoms with Gasteiger partial charge in [0.25, 0.3) is 10.1 Å². The van der Waals surface area contributed by atoms with E-state index in [2.05, 4.69) is 0 Å². The molecule has 152 valence electrons. The van der Waals surface area contributed by atoms with Crippen molar-refractivity contribution < 1.29 is 23.2 Å². The molecular formula is C19H12Cl4O5S. The van der Waals surface area contributed by atoms with Crippen LogP contribution in [0.2, 0.25) is 20.1 Å². The van der Waals surface area contributed by atoms with Gasteiger partial charge in [-0.25, -0.2) is 0 Å². The molecule has 0 saturated carbocycles. The SMILES string of the molecule is O=S(=O)(O)C(c1ccc(Cl)cc1)(c1ccc(Cl)cc1O)c1cc(Cl)c(Cl)cc1O. The molecule has 0 aromatic heterocycles. The third kappa shape index (κ3) is 3.77. The van der Waals surface area contributed by atoms with Gasteiger partial charge in [0, 0.05) is 27.2 Å². The molecule has 5 nitrogen and oxygen atoms in total. The van der Waals surface area contributed by atoms with Crippen LogP contribution in [0.5, 0.6) is 11.5 Å². The van der Waals surface area contributed by atoms with Crippen molar-refractivity contribution in [3.63, 3.8) is 0 Å². The van der Waals surface area contributed by atoms with Crippen molar-refractivity contribution in [2.45, 2.75) is 4.75 Å². The molecule has 10 heteroatoms. The molecule has 0 bridgehead atoms. The zero-order valence-electron chi connectivity index (χ0n) is 14.3. The summed E-state index contributed by atoms with van der Waals surface area (Å²) in [5.74, 6) is -1.10. The first-order valence-electron chi connectivity index (χ1n) is 7.89. The molecule has 1 atom stereocenters. The minimum atomic E-state index is -5.09. The van der Waals surface area contributed by atoms with Crippen molar-refractivity contribution in [2.24, 2.45) is 0 Å². The number of aromatic hydroxyl groups is 2. The maximum Gasteiger partial charge on any atom is 0.283 e. The minimum Gasteiger partial charge on any atom is -0.508 e. The van der Waals surface area contributed by atoms with Gasteiger partial charge in [0.2, 0.25) is 0 Å². The lowest BCUT2D eigenvalue weighted by molar-refractivity contribution is 0.428. The van der Waals surface area contributed by atoms with Gasteiger partial charge in [-0.1, -0.05) is 64.6 Å². The Morgan fingerprint density at radius 3 is 1.76 bits per heavy atom. The lowest BCUT2D eigenvalue weighted by atomic mass is 9.83. The van der Waals surface area contributed by atoms with E-state index in [0.29, 0.717) is 5.02 Å². The standard InChI is InChI=1S/C19H12Cl4O5S/c20-11-3-1-10(2-4-11)19(29(26,27)28,13-6-5-12(21)7-17(13)24)14-8-15(22)16(23)9-18(14)25/h1-9,24-25H,(H,26,27,28). The second-order valence-corrected chi connectivity index (χ2v) is 9.36. The zero-order valence-corrected chi connectivity index (χ0v) is 18.1. The summed E-state index contributed by atoms with van der Waals surface area (Å²) in [4.78, 5) is 0. The average Bonchev–Trinajstić information content (AvgIpc) is 2.61. The monoisotopic (exact) mass is 492 g/mol. The molecular weight excluding hydrogens is 482 g/mol. The van der Waals surface area contributed by atoms with Gasteiger partial charge in [-0.2, -0.15) is 8.42 Å². The predicted molar refractivity (Wildman–Crippen MR) is 114 cm³/mol. The fourth-order valence-electron chi connectivity index (χ4n) is 3.19. The van der Waals surface area contributed by atoms with Gasteiger partial charge in [0.15, 0.2) is 4.75 Å². The van der Waals surface area contributed by atoms with Gasteiger partial charge in [0.1, 0.15) is 11.5 Å². The Bertz CT molecular complexity index is 1200. The van der Waals surface area contributed by atoms with Crippen molar-refractivity contribution >= 4 is 56.5 Å². The van der Waals surface area contributed by atoms with Gasteiger partial charge in [-0.15, -0.1) is 0 Å². The van der Waals surface area contributed by atoms with Gasteiger partial charge in [-0.05, 0) is 35.9 Å². The lowest BCUT2D eigenvalue weighted by Crippen LogP contribution is -2.38. The Balaban J connectivity index is 2.58. The van der Waals surface area contributed by atoms with E-state index in [1.807, 2.05) is 0 Å². The zero-order chi connectivity index (χ0) is 21.6. The Morgan fingerprint density at radius 1 is 0.690 bits per heavy atom. The molecule has 0 aliphatic rings. The van der Waals surface area contributed by atoms with Crippen molar-refractivity contribution in [1.82, 2.24) is 0 Å². The first kappa shape index (κ1) is 22.0. The highest BCUT2D eigenvalue weighted by Gasteiger charge is 2.51. The number of rotatable bonds is 4. The fourth-order valence-corrected chi connectivity index (χ4v) is 5.13. The van der Waals surface area contributed by atoms with Crippen molar-refractivity contribution in [2.75, 3.05) is 0 Å². The van der Waals surface area contributed by atoms with Crippen LogP contribution < -0.4 is 0 Å². The minimum absolute atomic E-state index is 0.0179. The summed E-state index contributed by atoms with van der Waals surface area (Å²) in [7, 11) is -5.09. The van der Waals surface area contributed by atoms with E-state index in [4.69, 9.17) is 46.4 Å². The molecule has 0 heterocycles. The topological polar surface area (TPSA) is 94.8 Å². The Hall–Kier alpha value is -1.67. The fraction of sp³-hybridized carbons (Fsp3) is 0.0526. The summed E-state index contributed by atoms with van der Waals surface area (Å²) in [5.41, 5.74) is -0.606. The number of hydrogen-bond acceptors (Lipinski definition) is 4. The summed E-state index contributed by atoms with van der Waals surface area (Å²) >= 11 is 23.8. The van der Waals surface area contributed by atoms with E-state index in [1.165, 1.54) is 36.4 Å². The molecule has 0 fully saturated rings. The highest BCUT2D eigenvalue weighted by molar-refractivity contribution is 7.87. The molecule has 0 amide bonds. The molecule has 0 radical (unpaired) electrons. The van der Waals surface area contributed by atoms with E-state index in [-0.39, 0.29) is 31.8 Å². The van der Waals surface area contributed by atoms with Crippen LogP contribution in [0.15, 0.2) is 54.6 Å². The Morgan fingerprint density at radius 2 is 1.21 bits per heavy atom. The Labute approximate surface area is 186 Å². The highest BCUT2D eigenvalue weighted by atomic mass is 35.5. The van der Waals surface area contributed by atoms with Crippen molar-refractivity contribution in [3.8, 4) is 11.5 Å². The van der Waals surface area contributed by atoms with Crippen LogP contribution in [0.25, 0.3) is 0 Å². The first-order chi connectivity index (χ1) is 13.5. The van der Waals surface area contributed by atoms with E-state index in [1.54, 1.807) is 0 Å². The lowest BCUT2D eigenvalue weighted by Gasteiger charge is -2.33. The maximum atomic E-state index is 12.9. The molecule has 29 heavy (non-hydrogen) atoms. The average molecular weight is 494 g/mol. The summed E-state index contributed by atoms with van der Waals surface area (Å²) in [6.45, 7) is 0. The van der Waals surface area contributed by atoms with Crippen molar-refractivity contribution in [3.05, 3.63) is 91.4 Å². The number of phenolic OH excluding ortho intramolecular Hbond substituents is 2. The van der Waals surface area contributed by atoms with E-state index in [9.17, 15) is 23.2 Å². The number of hydrogen-bond donors (Lipinski definition) is 3. The second-order valence-electron chi connectivity index (χ2n) is 6.11. The molecule has 3 aromatic carbocycles. The normalized spacial score (nSPS) is 13.8. The summed E-state index contributed by atoms with van der Waals surface area (Å²) in [6.07, 6.45) is 0. The molecule has 0 spiro atoms. The molecule has 3 N–H and O–H groups in total. The van der Waals surface area contributed by atoms with Crippen LogP contribution in [0.4, 0.5) is 0 Å². The molecule has 3 aromatic rings. The van der Waals surface area contributed by atoms with Gasteiger partial charge >= 0.3 is 0 Å². The number of phenols is 2. The largest absolute Gasteiger partial charge is 0.508 e. The molecule has 1 unspecified atom stereocenters. The summed E-state index contributed by atoms with van der Waals surface area (Å²) < 4.78 is 33.8. The summed E-state index contributed by atoms with van der Waals surface area (Å²) in [5, 5.41) is 21.5. The quantitative estimate of drug-likeness (QED) is 0.311. The Kier molecular flexibility index (Phi) is 5.98. The molecule has 0 saturated heterocycles. The molecule has 0 aliphatic carbocycles. The molecule has 0 aliphatic heterocycles. The maximum absolute atomic E-state index is 12.9. The van der Waals surface area contributed by atoms with Crippen LogP contribution in [0, 0.1) is 0 Å². The number of halogens is 4. The van der Waals surface area contributed by atoms with Crippen LogP contribution in [0.1, 0.15) is 16.7 Å². The van der Waals surface area contributed by atoms with E-state index in [0.717, 1.165) is 18.2 Å². The van der Waals surface area contributed by atoms with E-state index >= 15 is 0 Å². The van der Waals surface area contributed by atoms with Gasteiger partial charge < -0.3 is 10.2 Å². The van der Waals surface area contributed by atoms with E-state index < -0.39 is 26.4 Å². The predicted octanol–water partition coefficient (Wildman–Crippen LogP) is 5.89. The highest BCUT2D eigenvalue weighted by Crippen LogP contribution is 2.51. The summed E-state index contributed by atoms with van der Waals surface area (Å²) in [6, 6.07) is 11.3. The third-order valence-corrected chi connectivity index (χ3v) is 7.05. The van der Waals surface area contributed by atoms with Crippen LogP contribution in [0.3, 0.4) is 0 Å². The van der Waals surface area contributed by atoms with Crippen LogP contribution in [-0.4, -0.2) is 23.2 Å². The second kappa shape index (κ2) is 7.87. The van der Waals surface area contributed by atoms with Crippen LogP contribution in [-0.2, 0) is 14.9 Å². The number of benzene rings is 3.